The van der Waals surface area contributed by atoms with Crippen molar-refractivity contribution >= 4 is 0 Å². The van der Waals surface area contributed by atoms with Crippen LogP contribution in [0.25, 0.3) is 0 Å². The second kappa shape index (κ2) is 5.48. The summed E-state index contributed by atoms with van der Waals surface area (Å²) in [5, 5.41) is 0. The zero-order valence-electron chi connectivity index (χ0n) is 12.9. The topological polar surface area (TPSA) is 9.72 Å². The summed E-state index contributed by atoms with van der Waals surface area (Å²) in [6, 6.07) is 1.63. The smallest absolute Gasteiger partial charge is 0.0124 e. The lowest BCUT2D eigenvalue weighted by atomic mass is 10.0. The van der Waals surface area contributed by atoms with E-state index in [2.05, 4.69) is 49.6 Å². The lowest BCUT2D eigenvalue weighted by Crippen LogP contribution is -2.49. The molecule has 3 nitrogen and oxygen atoms in total. The van der Waals surface area contributed by atoms with E-state index in [0.29, 0.717) is 5.54 Å². The number of likely N-dealkylation sites (N-methyl/N-ethyl adjacent to an activating group) is 1. The average Bonchev–Trinajstić information content (AvgIpc) is 2.77. The van der Waals surface area contributed by atoms with E-state index in [1.54, 1.807) is 0 Å². The third kappa shape index (κ3) is 3.25. The molecule has 0 aromatic carbocycles. The fraction of sp³-hybridized carbons (Fsp3) is 1.00. The van der Waals surface area contributed by atoms with E-state index in [9.17, 15) is 0 Å². The van der Waals surface area contributed by atoms with Crippen LogP contribution in [0.3, 0.4) is 0 Å². The standard InChI is InChI=1S/C15H31N3/c1-15(2,3)17(5)13-6-7-14(12-13)18-10-8-16(4)9-11-18/h13-14H,6-12H2,1-5H3/t13-,14-/m0/s1. The molecule has 3 heteroatoms. The molecule has 2 atom stereocenters. The third-order valence-electron chi connectivity index (χ3n) is 5.04. The molecule has 0 spiro atoms. The number of hydrogen-bond acceptors (Lipinski definition) is 3. The van der Waals surface area contributed by atoms with Crippen molar-refractivity contribution in [2.45, 2.75) is 57.7 Å². The van der Waals surface area contributed by atoms with Gasteiger partial charge in [0.05, 0.1) is 0 Å². The summed E-state index contributed by atoms with van der Waals surface area (Å²) in [7, 11) is 4.54. The minimum absolute atomic E-state index is 0.307. The Kier molecular flexibility index (Phi) is 4.35. The molecular weight excluding hydrogens is 222 g/mol. The van der Waals surface area contributed by atoms with Crippen molar-refractivity contribution < 1.29 is 0 Å². The summed E-state index contributed by atoms with van der Waals surface area (Å²) in [6.07, 6.45) is 4.15. The number of piperazine rings is 1. The molecule has 1 aliphatic heterocycles. The first-order valence-electron chi connectivity index (χ1n) is 7.53. The summed E-state index contributed by atoms with van der Waals surface area (Å²) < 4.78 is 0. The Bertz CT molecular complexity index is 263. The van der Waals surface area contributed by atoms with Crippen LogP contribution in [0.4, 0.5) is 0 Å². The van der Waals surface area contributed by atoms with Crippen molar-refractivity contribution in [3.8, 4) is 0 Å². The van der Waals surface area contributed by atoms with Gasteiger partial charge in [0.15, 0.2) is 0 Å². The average molecular weight is 253 g/mol. The van der Waals surface area contributed by atoms with Crippen LogP contribution in [-0.4, -0.2) is 72.6 Å². The molecule has 0 amide bonds. The van der Waals surface area contributed by atoms with Crippen LogP contribution in [0.15, 0.2) is 0 Å². The van der Waals surface area contributed by atoms with Crippen LogP contribution < -0.4 is 0 Å². The van der Waals surface area contributed by atoms with Crippen LogP contribution in [0.5, 0.6) is 0 Å². The van der Waals surface area contributed by atoms with Crippen LogP contribution in [0.2, 0.25) is 0 Å². The van der Waals surface area contributed by atoms with Crippen molar-refractivity contribution in [3.05, 3.63) is 0 Å². The Morgan fingerprint density at radius 3 is 2.17 bits per heavy atom. The van der Waals surface area contributed by atoms with Crippen LogP contribution in [0, 0.1) is 0 Å². The predicted octanol–water partition coefficient (Wildman–Crippen LogP) is 1.89. The maximum Gasteiger partial charge on any atom is 0.0124 e. The summed E-state index contributed by atoms with van der Waals surface area (Å²) in [5.74, 6) is 0. The number of hydrogen-bond donors (Lipinski definition) is 0. The molecule has 1 heterocycles. The lowest BCUT2D eigenvalue weighted by molar-refractivity contribution is 0.0914. The molecule has 18 heavy (non-hydrogen) atoms. The van der Waals surface area contributed by atoms with Gasteiger partial charge in [-0.05, 0) is 54.1 Å². The van der Waals surface area contributed by atoms with Gasteiger partial charge in [0, 0.05) is 43.8 Å². The molecule has 1 saturated heterocycles. The summed E-state index contributed by atoms with van der Waals surface area (Å²) in [6.45, 7) is 12.0. The van der Waals surface area contributed by atoms with Crippen LogP contribution in [-0.2, 0) is 0 Å². The first-order valence-corrected chi connectivity index (χ1v) is 7.53. The number of rotatable bonds is 2. The lowest BCUT2D eigenvalue weighted by Gasteiger charge is -2.39. The van der Waals surface area contributed by atoms with E-state index in [-0.39, 0.29) is 0 Å². The van der Waals surface area contributed by atoms with E-state index in [1.807, 2.05) is 0 Å². The van der Waals surface area contributed by atoms with E-state index in [1.165, 1.54) is 45.4 Å². The fourth-order valence-corrected chi connectivity index (χ4v) is 3.35. The largest absolute Gasteiger partial charge is 0.304 e. The first kappa shape index (κ1) is 14.3. The molecular formula is C15H31N3. The monoisotopic (exact) mass is 253 g/mol. The molecule has 0 bridgehead atoms. The normalized spacial score (nSPS) is 32.3. The van der Waals surface area contributed by atoms with Gasteiger partial charge in [-0.25, -0.2) is 0 Å². The fourth-order valence-electron chi connectivity index (χ4n) is 3.35. The molecule has 106 valence electrons. The van der Waals surface area contributed by atoms with Gasteiger partial charge in [-0.15, -0.1) is 0 Å². The summed E-state index contributed by atoms with van der Waals surface area (Å²) >= 11 is 0. The predicted molar refractivity (Wildman–Crippen MR) is 78.0 cm³/mol. The minimum atomic E-state index is 0.307. The third-order valence-corrected chi connectivity index (χ3v) is 5.04. The van der Waals surface area contributed by atoms with Gasteiger partial charge in [-0.2, -0.15) is 0 Å². The maximum atomic E-state index is 2.73. The molecule has 0 aromatic heterocycles. The Labute approximate surface area is 113 Å². The van der Waals surface area contributed by atoms with Crippen LogP contribution in [0.1, 0.15) is 40.0 Å². The Morgan fingerprint density at radius 2 is 1.61 bits per heavy atom. The zero-order chi connectivity index (χ0) is 13.3. The molecule has 0 radical (unpaired) electrons. The van der Waals surface area contributed by atoms with Crippen molar-refractivity contribution in [1.29, 1.82) is 0 Å². The SMILES string of the molecule is CN1CCN([C@H]2CC[C@H](N(C)C(C)(C)C)C2)CC1. The summed E-state index contributed by atoms with van der Waals surface area (Å²) in [5.41, 5.74) is 0.307. The molecule has 1 saturated carbocycles. The second-order valence-corrected chi connectivity index (χ2v) is 7.24. The number of nitrogens with zero attached hydrogens (tertiary/aromatic N) is 3. The van der Waals surface area contributed by atoms with Crippen LogP contribution >= 0.6 is 0 Å². The Hall–Kier alpha value is -0.120. The minimum Gasteiger partial charge on any atom is -0.304 e. The van der Waals surface area contributed by atoms with Gasteiger partial charge < -0.3 is 4.90 Å². The molecule has 0 aromatic rings. The highest BCUT2D eigenvalue weighted by Gasteiger charge is 2.35. The highest BCUT2D eigenvalue weighted by atomic mass is 15.3. The van der Waals surface area contributed by atoms with E-state index >= 15 is 0 Å². The molecule has 2 rings (SSSR count). The molecule has 1 aliphatic carbocycles. The van der Waals surface area contributed by atoms with Crippen molar-refractivity contribution in [2.24, 2.45) is 0 Å². The van der Waals surface area contributed by atoms with Crippen molar-refractivity contribution in [2.75, 3.05) is 40.3 Å². The highest BCUT2D eigenvalue weighted by molar-refractivity contribution is 4.92. The zero-order valence-corrected chi connectivity index (χ0v) is 12.9. The molecule has 0 N–H and O–H groups in total. The Balaban J connectivity index is 1.85. The molecule has 0 unspecified atom stereocenters. The molecule has 2 aliphatic rings. The van der Waals surface area contributed by atoms with Crippen molar-refractivity contribution in [3.63, 3.8) is 0 Å². The van der Waals surface area contributed by atoms with Gasteiger partial charge in [-0.1, -0.05) is 0 Å². The Morgan fingerprint density at radius 1 is 1.00 bits per heavy atom. The summed E-state index contributed by atoms with van der Waals surface area (Å²) in [4.78, 5) is 7.77. The van der Waals surface area contributed by atoms with Gasteiger partial charge in [0.2, 0.25) is 0 Å². The van der Waals surface area contributed by atoms with E-state index < -0.39 is 0 Å². The van der Waals surface area contributed by atoms with Gasteiger partial charge >= 0.3 is 0 Å². The van der Waals surface area contributed by atoms with E-state index in [0.717, 1.165) is 12.1 Å². The molecule has 2 fully saturated rings. The van der Waals surface area contributed by atoms with Gasteiger partial charge in [-0.3, -0.25) is 9.80 Å². The highest BCUT2D eigenvalue weighted by Crippen LogP contribution is 2.31. The van der Waals surface area contributed by atoms with Gasteiger partial charge in [0.1, 0.15) is 0 Å². The maximum absolute atomic E-state index is 2.73. The first-order chi connectivity index (χ1) is 8.38. The van der Waals surface area contributed by atoms with Crippen molar-refractivity contribution in [1.82, 2.24) is 14.7 Å². The van der Waals surface area contributed by atoms with E-state index in [4.69, 9.17) is 0 Å². The second-order valence-electron chi connectivity index (χ2n) is 7.24. The quantitative estimate of drug-likeness (QED) is 0.744. The van der Waals surface area contributed by atoms with Gasteiger partial charge in [0.25, 0.3) is 0 Å².